The van der Waals surface area contributed by atoms with Gasteiger partial charge in [-0.15, -0.1) is 0 Å². The van der Waals surface area contributed by atoms with Crippen LogP contribution in [0.3, 0.4) is 0 Å². The summed E-state index contributed by atoms with van der Waals surface area (Å²) in [5.74, 6) is -0.133. The molecule has 1 aromatic rings. The molecular formula is C14H14N2O3S2. The first-order valence-electron chi connectivity index (χ1n) is 6.45. The second-order valence-corrected chi connectivity index (χ2v) is 6.34. The molecule has 1 atom stereocenters. The van der Waals surface area contributed by atoms with Crippen molar-refractivity contribution in [1.82, 2.24) is 4.90 Å². The van der Waals surface area contributed by atoms with Gasteiger partial charge in [-0.1, -0.05) is 43.0 Å². The largest absolute Gasteiger partial charge is 0.290 e. The van der Waals surface area contributed by atoms with Crippen molar-refractivity contribution >= 4 is 46.0 Å². The van der Waals surface area contributed by atoms with Crippen LogP contribution in [-0.2, 0) is 4.79 Å². The van der Waals surface area contributed by atoms with E-state index in [4.69, 9.17) is 12.2 Å². The second-order valence-electron chi connectivity index (χ2n) is 4.66. The molecule has 1 aliphatic rings. The van der Waals surface area contributed by atoms with Crippen LogP contribution >= 0.6 is 24.0 Å². The van der Waals surface area contributed by atoms with Gasteiger partial charge in [0.15, 0.2) is 0 Å². The molecular weight excluding hydrogens is 308 g/mol. The third-order valence-corrected chi connectivity index (χ3v) is 4.56. The minimum Gasteiger partial charge on any atom is -0.290 e. The van der Waals surface area contributed by atoms with Gasteiger partial charge in [0.25, 0.3) is 11.6 Å². The lowest BCUT2D eigenvalue weighted by atomic mass is 10.1. The zero-order chi connectivity index (χ0) is 15.6. The van der Waals surface area contributed by atoms with Crippen molar-refractivity contribution in [3.8, 4) is 0 Å². The normalized spacial score (nSPS) is 18.4. The lowest BCUT2D eigenvalue weighted by Crippen LogP contribution is -2.36. The van der Waals surface area contributed by atoms with E-state index >= 15 is 0 Å². The van der Waals surface area contributed by atoms with E-state index in [1.54, 1.807) is 23.1 Å². The summed E-state index contributed by atoms with van der Waals surface area (Å²) in [5.41, 5.74) is 0.620. The number of benzene rings is 1. The van der Waals surface area contributed by atoms with Gasteiger partial charge in [0.1, 0.15) is 4.32 Å². The van der Waals surface area contributed by atoms with Crippen LogP contribution in [0.25, 0.3) is 6.08 Å². The molecule has 110 valence electrons. The van der Waals surface area contributed by atoms with Gasteiger partial charge in [-0.2, -0.15) is 0 Å². The van der Waals surface area contributed by atoms with Crippen LogP contribution in [-0.4, -0.2) is 26.1 Å². The summed E-state index contributed by atoms with van der Waals surface area (Å²) in [4.78, 5) is 24.8. The molecule has 2 rings (SSSR count). The van der Waals surface area contributed by atoms with E-state index < -0.39 is 4.92 Å². The highest BCUT2D eigenvalue weighted by molar-refractivity contribution is 8.26. The van der Waals surface area contributed by atoms with Crippen molar-refractivity contribution in [3.63, 3.8) is 0 Å². The topological polar surface area (TPSA) is 63.5 Å². The van der Waals surface area contributed by atoms with E-state index in [9.17, 15) is 14.9 Å². The SMILES string of the molecule is CC[C@H](C)N1C(=O)/C(=C/c2cccc([N+](=O)[O-])c2)SC1=S. The van der Waals surface area contributed by atoms with E-state index in [2.05, 4.69) is 0 Å². The summed E-state index contributed by atoms with van der Waals surface area (Å²) in [6.07, 6.45) is 2.46. The van der Waals surface area contributed by atoms with Gasteiger partial charge in [0, 0.05) is 18.2 Å². The van der Waals surface area contributed by atoms with Gasteiger partial charge in [-0.05, 0) is 25.0 Å². The lowest BCUT2D eigenvalue weighted by Gasteiger charge is -2.21. The quantitative estimate of drug-likeness (QED) is 0.367. The van der Waals surface area contributed by atoms with E-state index in [-0.39, 0.29) is 17.6 Å². The number of nitro benzene ring substituents is 1. The number of nitrogens with zero attached hydrogens (tertiary/aromatic N) is 2. The molecule has 0 N–H and O–H groups in total. The molecule has 1 heterocycles. The minimum absolute atomic E-state index is 0.00107. The summed E-state index contributed by atoms with van der Waals surface area (Å²) in [6.45, 7) is 3.94. The average Bonchev–Trinajstić information content (AvgIpc) is 2.73. The summed E-state index contributed by atoms with van der Waals surface area (Å²) in [5, 5.41) is 10.8. The Morgan fingerprint density at radius 2 is 2.24 bits per heavy atom. The Kier molecular flexibility index (Phi) is 4.74. The van der Waals surface area contributed by atoms with Gasteiger partial charge in [-0.3, -0.25) is 19.8 Å². The van der Waals surface area contributed by atoms with E-state index in [0.29, 0.717) is 14.8 Å². The molecule has 0 unspecified atom stereocenters. The molecule has 5 nitrogen and oxygen atoms in total. The molecule has 1 saturated heterocycles. The monoisotopic (exact) mass is 322 g/mol. The van der Waals surface area contributed by atoms with Crippen LogP contribution in [0, 0.1) is 10.1 Å². The summed E-state index contributed by atoms with van der Waals surface area (Å²) < 4.78 is 0.533. The number of non-ortho nitro benzene ring substituents is 1. The molecule has 1 fully saturated rings. The molecule has 21 heavy (non-hydrogen) atoms. The summed E-state index contributed by atoms with van der Waals surface area (Å²) >= 11 is 6.47. The Labute approximate surface area is 132 Å². The molecule has 1 aliphatic heterocycles. The van der Waals surface area contributed by atoms with E-state index in [1.807, 2.05) is 13.8 Å². The fraction of sp³-hybridized carbons (Fsp3) is 0.286. The molecule has 1 aromatic carbocycles. The average molecular weight is 322 g/mol. The third-order valence-electron chi connectivity index (χ3n) is 3.23. The number of carbonyl (C=O) groups is 1. The first-order valence-corrected chi connectivity index (χ1v) is 7.68. The van der Waals surface area contributed by atoms with Crippen molar-refractivity contribution < 1.29 is 9.72 Å². The fourth-order valence-electron chi connectivity index (χ4n) is 1.92. The van der Waals surface area contributed by atoms with Gasteiger partial charge in [0.05, 0.1) is 9.83 Å². The van der Waals surface area contributed by atoms with Gasteiger partial charge >= 0.3 is 0 Å². The fourth-order valence-corrected chi connectivity index (χ4v) is 3.38. The van der Waals surface area contributed by atoms with Gasteiger partial charge in [-0.25, -0.2) is 0 Å². The van der Waals surface area contributed by atoms with Crippen LogP contribution in [0.15, 0.2) is 29.2 Å². The first-order chi connectivity index (χ1) is 9.93. The number of thiocarbonyl (C=S) groups is 1. The molecule has 0 spiro atoms. The van der Waals surface area contributed by atoms with Crippen LogP contribution in [0.4, 0.5) is 5.69 Å². The maximum absolute atomic E-state index is 12.4. The highest BCUT2D eigenvalue weighted by Crippen LogP contribution is 2.34. The maximum atomic E-state index is 12.4. The summed E-state index contributed by atoms with van der Waals surface area (Å²) in [6, 6.07) is 6.23. The Morgan fingerprint density at radius 3 is 2.86 bits per heavy atom. The van der Waals surface area contributed by atoms with Crippen molar-refractivity contribution in [2.24, 2.45) is 0 Å². The molecule has 0 bridgehead atoms. The number of thioether (sulfide) groups is 1. The smallest absolute Gasteiger partial charge is 0.270 e. The van der Waals surface area contributed by atoms with Crippen molar-refractivity contribution in [2.75, 3.05) is 0 Å². The standard InChI is InChI=1S/C14H14N2O3S2/c1-3-9(2)15-13(17)12(21-14(15)20)8-10-5-4-6-11(7-10)16(18)19/h4-9H,3H2,1-2H3/b12-8-/t9-/m0/s1. The molecule has 7 heteroatoms. The Hall–Kier alpha value is -1.73. The number of hydrogen-bond donors (Lipinski definition) is 0. The zero-order valence-corrected chi connectivity index (χ0v) is 13.2. The lowest BCUT2D eigenvalue weighted by molar-refractivity contribution is -0.384. The first kappa shape index (κ1) is 15.7. The molecule has 0 aliphatic carbocycles. The number of rotatable bonds is 4. The Balaban J connectivity index is 2.30. The highest BCUT2D eigenvalue weighted by Gasteiger charge is 2.34. The minimum atomic E-state index is -0.457. The number of nitro groups is 1. The van der Waals surface area contributed by atoms with Crippen molar-refractivity contribution in [1.29, 1.82) is 0 Å². The van der Waals surface area contributed by atoms with Crippen LogP contribution in [0.5, 0.6) is 0 Å². The van der Waals surface area contributed by atoms with Crippen molar-refractivity contribution in [2.45, 2.75) is 26.3 Å². The van der Waals surface area contributed by atoms with E-state index in [0.717, 1.165) is 6.42 Å². The van der Waals surface area contributed by atoms with Crippen LogP contribution in [0.1, 0.15) is 25.8 Å². The van der Waals surface area contributed by atoms with Gasteiger partial charge < -0.3 is 0 Å². The Morgan fingerprint density at radius 1 is 1.52 bits per heavy atom. The Bertz CT molecular complexity index is 643. The van der Waals surface area contributed by atoms with Gasteiger partial charge in [0.2, 0.25) is 0 Å². The van der Waals surface area contributed by atoms with E-state index in [1.165, 1.54) is 23.9 Å². The predicted molar refractivity (Wildman–Crippen MR) is 87.9 cm³/mol. The maximum Gasteiger partial charge on any atom is 0.270 e. The molecule has 0 aromatic heterocycles. The van der Waals surface area contributed by atoms with Crippen LogP contribution < -0.4 is 0 Å². The van der Waals surface area contributed by atoms with Crippen molar-refractivity contribution in [3.05, 3.63) is 44.8 Å². The third kappa shape index (κ3) is 3.30. The number of hydrogen-bond acceptors (Lipinski definition) is 5. The molecule has 1 amide bonds. The molecule has 0 saturated carbocycles. The summed E-state index contributed by atoms with van der Waals surface area (Å²) in [7, 11) is 0. The predicted octanol–water partition coefficient (Wildman–Crippen LogP) is 3.59. The second kappa shape index (κ2) is 6.36. The molecule has 0 radical (unpaired) electrons. The number of amides is 1. The zero-order valence-electron chi connectivity index (χ0n) is 11.6. The number of carbonyl (C=O) groups excluding carboxylic acids is 1. The van der Waals surface area contributed by atoms with Crippen LogP contribution in [0.2, 0.25) is 0 Å². The highest BCUT2D eigenvalue weighted by atomic mass is 32.2.